The molecule has 2 heterocycles. The number of nitro benzene ring substituents is 1. The molecule has 2 aromatic carbocycles. The number of carbonyl (C=O) groups excluding carboxylic acids is 1. The van der Waals surface area contributed by atoms with Gasteiger partial charge in [0.05, 0.1) is 15.1 Å². The van der Waals surface area contributed by atoms with Crippen molar-refractivity contribution in [2.24, 2.45) is 0 Å². The van der Waals surface area contributed by atoms with Crippen LogP contribution in [0.1, 0.15) is 15.9 Å². The largest absolute Gasteiger partial charge is 0.307 e. The van der Waals surface area contributed by atoms with Crippen LogP contribution in [0.25, 0.3) is 20.8 Å². The zero-order valence-electron chi connectivity index (χ0n) is 14.7. The smallest absolute Gasteiger partial charge is 0.272 e. The van der Waals surface area contributed by atoms with E-state index in [1.165, 1.54) is 18.2 Å². The third kappa shape index (κ3) is 3.45. The number of aromatic nitrogens is 2. The summed E-state index contributed by atoms with van der Waals surface area (Å²) in [6.07, 6.45) is 1.66. The third-order valence-electron chi connectivity index (χ3n) is 4.20. The van der Waals surface area contributed by atoms with E-state index in [0.717, 1.165) is 20.8 Å². The molecular formula is C20H14N4O3S. The number of carbonyl (C=O) groups is 1. The lowest BCUT2D eigenvalue weighted by atomic mass is 10.1. The highest BCUT2D eigenvalue weighted by molar-refractivity contribution is 7.21. The van der Waals surface area contributed by atoms with Gasteiger partial charge in [-0.1, -0.05) is 12.1 Å². The first kappa shape index (κ1) is 17.7. The van der Waals surface area contributed by atoms with Gasteiger partial charge < -0.3 is 5.32 Å². The average Bonchev–Trinajstić information content (AvgIpc) is 3.12. The van der Waals surface area contributed by atoms with E-state index < -0.39 is 4.92 Å². The number of nitro groups is 1. The van der Waals surface area contributed by atoms with E-state index in [0.29, 0.717) is 16.9 Å². The first-order valence-electron chi connectivity index (χ1n) is 8.39. The molecule has 138 valence electrons. The molecule has 4 rings (SSSR count). The predicted molar refractivity (Wildman–Crippen MR) is 109 cm³/mol. The zero-order chi connectivity index (χ0) is 19.7. The molecule has 0 unspecified atom stereocenters. The predicted octanol–water partition coefficient (Wildman–Crippen LogP) is 4.83. The summed E-state index contributed by atoms with van der Waals surface area (Å²) in [5.41, 5.74) is 2.55. The molecule has 2 aromatic heterocycles. The quantitative estimate of drug-likeness (QED) is 0.398. The number of nitrogens with zero attached hydrogens (tertiary/aromatic N) is 3. The molecule has 0 aliphatic carbocycles. The lowest BCUT2D eigenvalue weighted by Gasteiger charge is -2.06. The molecular weight excluding hydrogens is 376 g/mol. The van der Waals surface area contributed by atoms with Gasteiger partial charge in [-0.25, -0.2) is 9.97 Å². The number of amides is 1. The van der Waals surface area contributed by atoms with Crippen LogP contribution in [0, 0.1) is 17.0 Å². The average molecular weight is 390 g/mol. The number of pyridine rings is 1. The van der Waals surface area contributed by atoms with Gasteiger partial charge in [0.1, 0.15) is 10.8 Å². The van der Waals surface area contributed by atoms with E-state index in [9.17, 15) is 14.9 Å². The number of anilines is 1. The Kier molecular flexibility index (Phi) is 4.54. The number of aryl methyl sites for hydroxylation is 1. The van der Waals surface area contributed by atoms with Gasteiger partial charge in [0.25, 0.3) is 11.6 Å². The van der Waals surface area contributed by atoms with Crippen molar-refractivity contribution >= 4 is 39.0 Å². The molecule has 8 heteroatoms. The van der Waals surface area contributed by atoms with Gasteiger partial charge in [0.15, 0.2) is 0 Å². The Labute approximate surface area is 163 Å². The molecule has 4 aromatic rings. The van der Waals surface area contributed by atoms with Crippen LogP contribution in [-0.2, 0) is 0 Å². The van der Waals surface area contributed by atoms with Crippen molar-refractivity contribution < 1.29 is 9.72 Å². The Morgan fingerprint density at radius 2 is 1.96 bits per heavy atom. The molecule has 0 fully saturated rings. The maximum atomic E-state index is 12.4. The van der Waals surface area contributed by atoms with E-state index >= 15 is 0 Å². The second-order valence-electron chi connectivity index (χ2n) is 6.13. The van der Waals surface area contributed by atoms with E-state index in [1.807, 2.05) is 30.3 Å². The summed E-state index contributed by atoms with van der Waals surface area (Å²) < 4.78 is 1.10. The highest BCUT2D eigenvalue weighted by atomic mass is 32.1. The molecule has 28 heavy (non-hydrogen) atoms. The van der Waals surface area contributed by atoms with Gasteiger partial charge in [0.2, 0.25) is 0 Å². The van der Waals surface area contributed by atoms with Crippen LogP contribution >= 0.6 is 11.3 Å². The van der Waals surface area contributed by atoms with Gasteiger partial charge in [-0.2, -0.15) is 0 Å². The second-order valence-corrected chi connectivity index (χ2v) is 7.16. The number of nitrogens with one attached hydrogen (secondary N) is 1. The topological polar surface area (TPSA) is 98.0 Å². The lowest BCUT2D eigenvalue weighted by Crippen LogP contribution is -2.13. The molecule has 0 radical (unpaired) electrons. The van der Waals surface area contributed by atoms with Crippen molar-refractivity contribution in [3.05, 3.63) is 82.0 Å². The normalized spacial score (nSPS) is 10.8. The monoisotopic (exact) mass is 390 g/mol. The first-order chi connectivity index (χ1) is 13.5. The lowest BCUT2D eigenvalue weighted by molar-refractivity contribution is -0.385. The van der Waals surface area contributed by atoms with Gasteiger partial charge in [-0.3, -0.25) is 14.9 Å². The van der Waals surface area contributed by atoms with Crippen LogP contribution < -0.4 is 5.32 Å². The van der Waals surface area contributed by atoms with Crippen LogP contribution in [0.2, 0.25) is 0 Å². The molecule has 1 amide bonds. The van der Waals surface area contributed by atoms with Gasteiger partial charge in [0, 0.05) is 29.0 Å². The fourth-order valence-electron chi connectivity index (χ4n) is 2.78. The Morgan fingerprint density at radius 3 is 2.64 bits per heavy atom. The minimum atomic E-state index is -0.473. The summed E-state index contributed by atoms with van der Waals surface area (Å²) >= 11 is 1.58. The maximum absolute atomic E-state index is 12.4. The molecule has 0 aliphatic heterocycles. The number of benzene rings is 2. The highest BCUT2D eigenvalue weighted by Gasteiger charge is 2.14. The van der Waals surface area contributed by atoms with E-state index in [4.69, 9.17) is 0 Å². The molecule has 0 atom stereocenters. The fourth-order valence-corrected chi connectivity index (χ4v) is 3.74. The summed E-state index contributed by atoms with van der Waals surface area (Å²) in [5, 5.41) is 14.5. The minimum Gasteiger partial charge on any atom is -0.307 e. The second kappa shape index (κ2) is 7.16. The highest BCUT2D eigenvalue weighted by Crippen LogP contribution is 2.30. The number of fused-ring (bicyclic) bond motifs is 1. The van der Waals surface area contributed by atoms with Crippen LogP contribution in [0.3, 0.4) is 0 Å². The summed E-state index contributed by atoms with van der Waals surface area (Å²) in [7, 11) is 0. The van der Waals surface area contributed by atoms with Gasteiger partial charge in [-0.15, -0.1) is 11.3 Å². The molecule has 0 bridgehead atoms. The standard InChI is InChI=1S/C20H14N4O3S/c1-12-10-13(6-8-16(12)24(26)27)19(25)23-18-9-7-14(11-21-18)20-22-15-4-2-3-5-17(15)28-20/h2-11H,1H3,(H,21,23,25). The number of rotatable bonds is 4. The fraction of sp³-hybridized carbons (Fsp3) is 0.0500. The minimum absolute atomic E-state index is 0.0186. The zero-order valence-corrected chi connectivity index (χ0v) is 15.6. The summed E-state index contributed by atoms with van der Waals surface area (Å²) in [6, 6.07) is 15.7. The first-order valence-corrected chi connectivity index (χ1v) is 9.21. The van der Waals surface area contributed by atoms with Crippen molar-refractivity contribution in [2.75, 3.05) is 5.32 Å². The molecule has 7 nitrogen and oxygen atoms in total. The van der Waals surface area contributed by atoms with Crippen LogP contribution in [0.15, 0.2) is 60.8 Å². The Hall–Kier alpha value is -3.65. The van der Waals surface area contributed by atoms with Crippen LogP contribution in [0.5, 0.6) is 0 Å². The Morgan fingerprint density at radius 1 is 1.14 bits per heavy atom. The van der Waals surface area contributed by atoms with Crippen LogP contribution in [0.4, 0.5) is 11.5 Å². The molecule has 0 saturated carbocycles. The molecule has 0 spiro atoms. The Balaban J connectivity index is 1.52. The van der Waals surface area contributed by atoms with E-state index in [-0.39, 0.29) is 11.6 Å². The van der Waals surface area contributed by atoms with Crippen molar-refractivity contribution in [1.82, 2.24) is 9.97 Å². The van der Waals surface area contributed by atoms with Crippen LogP contribution in [-0.4, -0.2) is 20.8 Å². The summed E-state index contributed by atoms with van der Waals surface area (Å²) in [4.78, 5) is 31.7. The molecule has 0 aliphatic rings. The SMILES string of the molecule is Cc1cc(C(=O)Nc2ccc(-c3nc4ccccc4s3)cn2)ccc1[N+](=O)[O-]. The van der Waals surface area contributed by atoms with E-state index in [2.05, 4.69) is 15.3 Å². The van der Waals surface area contributed by atoms with Crippen molar-refractivity contribution in [3.63, 3.8) is 0 Å². The van der Waals surface area contributed by atoms with Crippen molar-refractivity contribution in [1.29, 1.82) is 0 Å². The van der Waals surface area contributed by atoms with Gasteiger partial charge >= 0.3 is 0 Å². The number of hydrogen-bond acceptors (Lipinski definition) is 6. The third-order valence-corrected chi connectivity index (χ3v) is 5.29. The maximum Gasteiger partial charge on any atom is 0.272 e. The number of para-hydroxylation sites is 1. The number of thiazole rings is 1. The summed E-state index contributed by atoms with van der Waals surface area (Å²) in [6.45, 7) is 1.60. The van der Waals surface area contributed by atoms with Gasteiger partial charge in [-0.05, 0) is 43.3 Å². The van der Waals surface area contributed by atoms with E-state index in [1.54, 1.807) is 30.5 Å². The van der Waals surface area contributed by atoms with Crippen molar-refractivity contribution in [2.45, 2.75) is 6.92 Å². The molecule has 0 saturated heterocycles. The molecule has 1 N–H and O–H groups in total. The Bertz CT molecular complexity index is 1170. The number of hydrogen-bond donors (Lipinski definition) is 1. The van der Waals surface area contributed by atoms with Crippen molar-refractivity contribution in [3.8, 4) is 10.6 Å². The summed E-state index contributed by atoms with van der Waals surface area (Å²) in [5.74, 6) is 0.0177.